The van der Waals surface area contributed by atoms with E-state index in [0.717, 1.165) is 30.8 Å². The number of nitrogens with zero attached hydrogens (tertiary/aromatic N) is 1. The molecule has 1 aliphatic heterocycles. The van der Waals surface area contributed by atoms with Crippen molar-refractivity contribution < 1.29 is 14.3 Å². The average Bonchev–Trinajstić information content (AvgIpc) is 3.06. The van der Waals surface area contributed by atoms with Crippen LogP contribution in [0.15, 0.2) is 24.3 Å². The number of carbonyl (C=O) groups is 1. The summed E-state index contributed by atoms with van der Waals surface area (Å²) in [7, 11) is 3.54. The van der Waals surface area contributed by atoms with Gasteiger partial charge in [-0.25, -0.2) is 4.79 Å². The van der Waals surface area contributed by atoms with E-state index in [-0.39, 0.29) is 29.6 Å². The number of likely N-dealkylation sites (N-methyl/N-ethyl adjacent to an activating group) is 1. The van der Waals surface area contributed by atoms with Gasteiger partial charge in [-0.15, -0.1) is 0 Å². The summed E-state index contributed by atoms with van der Waals surface area (Å²) in [5.74, 6) is 1.33. The fraction of sp³-hybridized carbons (Fsp3) is 0.650. The van der Waals surface area contributed by atoms with Crippen LogP contribution in [0, 0.1) is 11.3 Å². The van der Waals surface area contributed by atoms with Crippen LogP contribution < -0.4 is 10.1 Å². The minimum absolute atomic E-state index is 0.00353. The Labute approximate surface area is 150 Å². The van der Waals surface area contributed by atoms with Gasteiger partial charge in [0.05, 0.1) is 13.2 Å². The highest BCUT2D eigenvalue weighted by Crippen LogP contribution is 2.52. The fourth-order valence-corrected chi connectivity index (χ4v) is 4.38. The molecule has 2 aliphatic rings. The molecular weight excluding hydrogens is 316 g/mol. The molecule has 0 aromatic heterocycles. The van der Waals surface area contributed by atoms with E-state index in [1.54, 1.807) is 12.0 Å². The van der Waals surface area contributed by atoms with Gasteiger partial charge in [-0.2, -0.15) is 0 Å². The van der Waals surface area contributed by atoms with Crippen LogP contribution in [0.25, 0.3) is 0 Å². The van der Waals surface area contributed by atoms with Gasteiger partial charge in [-0.1, -0.05) is 32.0 Å². The van der Waals surface area contributed by atoms with E-state index in [0.29, 0.717) is 5.92 Å². The molecule has 138 valence electrons. The van der Waals surface area contributed by atoms with Crippen molar-refractivity contribution in [3.8, 4) is 5.75 Å². The summed E-state index contributed by atoms with van der Waals surface area (Å²) in [6, 6.07) is 8.23. The summed E-state index contributed by atoms with van der Waals surface area (Å²) >= 11 is 0. The third-order valence-corrected chi connectivity index (χ3v) is 6.07. The number of hydrogen-bond acceptors (Lipinski definition) is 3. The van der Waals surface area contributed by atoms with Crippen LogP contribution in [0.3, 0.4) is 0 Å². The summed E-state index contributed by atoms with van der Waals surface area (Å²) < 4.78 is 11.2. The van der Waals surface area contributed by atoms with E-state index >= 15 is 0 Å². The molecule has 0 bridgehead atoms. The molecule has 1 saturated carbocycles. The maximum atomic E-state index is 12.8. The van der Waals surface area contributed by atoms with Crippen molar-refractivity contribution in [3.05, 3.63) is 29.8 Å². The molecule has 5 heteroatoms. The predicted molar refractivity (Wildman–Crippen MR) is 97.9 cm³/mol. The Morgan fingerprint density at radius 3 is 2.88 bits per heavy atom. The van der Waals surface area contributed by atoms with Gasteiger partial charge in [0.25, 0.3) is 0 Å². The van der Waals surface area contributed by atoms with Crippen molar-refractivity contribution in [2.45, 2.75) is 51.8 Å². The second kappa shape index (κ2) is 6.87. The third kappa shape index (κ3) is 3.22. The van der Waals surface area contributed by atoms with E-state index in [4.69, 9.17) is 9.47 Å². The molecule has 2 fully saturated rings. The Balaban J connectivity index is 1.60. The van der Waals surface area contributed by atoms with E-state index in [9.17, 15) is 4.79 Å². The number of ether oxygens (including phenoxy) is 2. The van der Waals surface area contributed by atoms with Gasteiger partial charge in [0.1, 0.15) is 5.75 Å². The number of amides is 2. The minimum atomic E-state index is -0.00850. The van der Waals surface area contributed by atoms with Gasteiger partial charge < -0.3 is 19.7 Å². The molecule has 4 atom stereocenters. The normalized spacial score (nSPS) is 27.8. The first-order valence-corrected chi connectivity index (χ1v) is 9.13. The van der Waals surface area contributed by atoms with Crippen molar-refractivity contribution in [3.63, 3.8) is 0 Å². The summed E-state index contributed by atoms with van der Waals surface area (Å²) in [5.41, 5.74) is 1.12. The lowest BCUT2D eigenvalue weighted by Gasteiger charge is -2.54. The first kappa shape index (κ1) is 18.1. The zero-order valence-electron chi connectivity index (χ0n) is 15.9. The number of carbonyl (C=O) groups excluding carboxylic acids is 1. The molecule has 5 nitrogen and oxygen atoms in total. The highest BCUT2D eigenvalue weighted by Gasteiger charge is 2.59. The van der Waals surface area contributed by atoms with Gasteiger partial charge in [-0.3, -0.25) is 0 Å². The van der Waals surface area contributed by atoms with Crippen molar-refractivity contribution >= 4 is 6.03 Å². The number of fused-ring (bicyclic) bond motifs is 1. The van der Waals surface area contributed by atoms with Crippen LogP contribution in [0.2, 0.25) is 0 Å². The monoisotopic (exact) mass is 346 g/mol. The molecule has 1 aromatic carbocycles. The molecule has 0 spiro atoms. The van der Waals surface area contributed by atoms with Crippen molar-refractivity contribution in [1.82, 2.24) is 10.2 Å². The van der Waals surface area contributed by atoms with Crippen LogP contribution >= 0.6 is 0 Å². The van der Waals surface area contributed by atoms with Crippen LogP contribution in [0.1, 0.15) is 32.8 Å². The highest BCUT2D eigenvalue weighted by molar-refractivity contribution is 5.75. The highest BCUT2D eigenvalue weighted by atomic mass is 16.5. The lowest BCUT2D eigenvalue weighted by molar-refractivity contribution is -0.109. The maximum absolute atomic E-state index is 12.8. The molecule has 0 radical (unpaired) electrons. The Bertz CT molecular complexity index is 631. The second-order valence-electron chi connectivity index (χ2n) is 7.97. The van der Waals surface area contributed by atoms with Crippen molar-refractivity contribution in [1.29, 1.82) is 0 Å². The van der Waals surface area contributed by atoms with Crippen molar-refractivity contribution in [2.24, 2.45) is 11.3 Å². The molecule has 1 saturated heterocycles. The molecule has 1 N–H and O–H groups in total. The average molecular weight is 346 g/mol. The van der Waals surface area contributed by atoms with Crippen LogP contribution in [0.5, 0.6) is 5.75 Å². The molecule has 1 aliphatic carbocycles. The molecule has 2 amide bonds. The first-order valence-electron chi connectivity index (χ1n) is 9.13. The lowest BCUT2D eigenvalue weighted by atomic mass is 9.57. The molecule has 1 heterocycles. The zero-order valence-corrected chi connectivity index (χ0v) is 15.9. The van der Waals surface area contributed by atoms with E-state index in [1.165, 1.54) is 0 Å². The quantitative estimate of drug-likeness (QED) is 0.891. The van der Waals surface area contributed by atoms with Gasteiger partial charge in [0, 0.05) is 37.1 Å². The number of hydrogen-bond donors (Lipinski definition) is 1. The minimum Gasteiger partial charge on any atom is -0.496 e. The van der Waals surface area contributed by atoms with E-state index < -0.39 is 0 Å². The van der Waals surface area contributed by atoms with Crippen LogP contribution in [-0.2, 0) is 11.2 Å². The van der Waals surface area contributed by atoms with E-state index in [1.807, 2.05) is 25.2 Å². The topological polar surface area (TPSA) is 50.8 Å². The van der Waals surface area contributed by atoms with Gasteiger partial charge in [0.2, 0.25) is 0 Å². The molecule has 25 heavy (non-hydrogen) atoms. The number of benzene rings is 1. The summed E-state index contributed by atoms with van der Waals surface area (Å²) in [4.78, 5) is 14.5. The number of nitrogens with one attached hydrogen (secondary N) is 1. The lowest BCUT2D eigenvalue weighted by Crippen LogP contribution is -2.68. The summed E-state index contributed by atoms with van der Waals surface area (Å²) in [6.07, 6.45) is 2.09. The van der Waals surface area contributed by atoms with Gasteiger partial charge in [0.15, 0.2) is 0 Å². The first-order chi connectivity index (χ1) is 11.9. The summed E-state index contributed by atoms with van der Waals surface area (Å²) in [5, 5.41) is 3.25. The molecular formula is C20H30N2O3. The van der Waals surface area contributed by atoms with Crippen LogP contribution in [-0.4, -0.2) is 49.9 Å². The fourth-order valence-electron chi connectivity index (χ4n) is 4.38. The third-order valence-electron chi connectivity index (χ3n) is 6.07. The Morgan fingerprint density at radius 1 is 1.44 bits per heavy atom. The summed E-state index contributed by atoms with van der Waals surface area (Å²) in [6.45, 7) is 7.25. The Kier molecular flexibility index (Phi) is 4.96. The largest absolute Gasteiger partial charge is 0.496 e. The van der Waals surface area contributed by atoms with Gasteiger partial charge >= 0.3 is 6.03 Å². The Morgan fingerprint density at radius 2 is 2.16 bits per heavy atom. The second-order valence-corrected chi connectivity index (χ2v) is 7.97. The smallest absolute Gasteiger partial charge is 0.317 e. The number of urea groups is 1. The zero-order chi connectivity index (χ0) is 18.2. The SMILES string of the molecule is COc1ccccc1C[C@H](C)N(C)C(=O)N[C@@H]1[C@H]2CCO[C@H]2C1(C)C. The van der Waals surface area contributed by atoms with E-state index in [2.05, 4.69) is 32.2 Å². The Hall–Kier alpha value is -1.75. The molecule has 3 rings (SSSR count). The molecule has 0 unspecified atom stereocenters. The van der Waals surface area contributed by atoms with Crippen LogP contribution in [0.4, 0.5) is 4.79 Å². The molecule has 1 aromatic rings. The van der Waals surface area contributed by atoms with Gasteiger partial charge in [-0.05, 0) is 31.4 Å². The number of para-hydroxylation sites is 1. The van der Waals surface area contributed by atoms with Crippen molar-refractivity contribution in [2.75, 3.05) is 20.8 Å². The number of rotatable bonds is 5. The maximum Gasteiger partial charge on any atom is 0.317 e. The standard InChI is InChI=1S/C20H30N2O3/c1-13(12-14-8-6-7-9-16(14)24-5)22(4)19(23)21-17-15-10-11-25-18(15)20(17,2)3/h6-9,13,15,17-18H,10-12H2,1-5H3,(H,21,23)/t13-,15+,17+,18+/m0/s1. The number of methoxy groups -OCH3 is 1. The predicted octanol–water partition coefficient (Wildman–Crippen LogP) is 3.08.